The van der Waals surface area contributed by atoms with Crippen molar-refractivity contribution in [2.75, 3.05) is 0 Å². The van der Waals surface area contributed by atoms with Crippen molar-refractivity contribution in [1.82, 2.24) is 0 Å². The zero-order valence-corrected chi connectivity index (χ0v) is 12.8. The van der Waals surface area contributed by atoms with Crippen LogP contribution in [0.3, 0.4) is 0 Å². The second-order valence-corrected chi connectivity index (χ2v) is 5.47. The minimum atomic E-state index is -0.302. The third-order valence-electron chi connectivity index (χ3n) is 2.46. The molecule has 0 bridgehead atoms. The Morgan fingerprint density at radius 1 is 1.16 bits per heavy atom. The van der Waals surface area contributed by atoms with Crippen LogP contribution < -0.4 is 4.74 Å². The molecule has 0 radical (unpaired) electrons. The fourth-order valence-electron chi connectivity index (χ4n) is 1.53. The predicted octanol–water partition coefficient (Wildman–Crippen LogP) is 4.80. The molecule has 0 heterocycles. The maximum Gasteiger partial charge on any atom is 0.148 e. The van der Waals surface area contributed by atoms with Crippen molar-refractivity contribution in [3.05, 3.63) is 62.3 Å². The van der Waals surface area contributed by atoms with Crippen LogP contribution in [0.25, 0.3) is 0 Å². The molecule has 2 nitrogen and oxygen atoms in total. The molecule has 2 aromatic carbocycles. The van der Waals surface area contributed by atoms with Gasteiger partial charge in [0.15, 0.2) is 0 Å². The highest BCUT2D eigenvalue weighted by atomic mass is 79.9. The first kappa shape index (κ1) is 14.0. The summed E-state index contributed by atoms with van der Waals surface area (Å²) >= 11 is 6.66. The Morgan fingerprint density at radius 2 is 1.79 bits per heavy atom. The molecule has 0 unspecified atom stereocenters. The van der Waals surface area contributed by atoms with Gasteiger partial charge in [-0.1, -0.05) is 18.2 Å². The average molecular weight is 385 g/mol. The number of ether oxygens (including phenoxy) is 1. The van der Waals surface area contributed by atoms with Crippen molar-refractivity contribution in [3.63, 3.8) is 0 Å². The van der Waals surface area contributed by atoms with E-state index in [0.29, 0.717) is 25.8 Å². The number of halogens is 3. The van der Waals surface area contributed by atoms with Crippen LogP contribution in [0.1, 0.15) is 11.1 Å². The zero-order valence-electron chi connectivity index (χ0n) is 9.66. The zero-order chi connectivity index (χ0) is 13.8. The summed E-state index contributed by atoms with van der Waals surface area (Å²) in [6, 6.07) is 11.8. The molecule has 0 aliphatic heterocycles. The van der Waals surface area contributed by atoms with Crippen LogP contribution in [0.5, 0.6) is 5.75 Å². The van der Waals surface area contributed by atoms with E-state index in [0.717, 1.165) is 0 Å². The monoisotopic (exact) mass is 383 g/mol. The molecule has 96 valence electrons. The third-order valence-corrected chi connectivity index (χ3v) is 3.64. The SMILES string of the molecule is N#Cc1cc(Br)c(OCc2ccccc2F)c(Br)c1. The number of rotatable bonds is 3. The van der Waals surface area contributed by atoms with Gasteiger partial charge in [-0.3, -0.25) is 0 Å². The van der Waals surface area contributed by atoms with Gasteiger partial charge >= 0.3 is 0 Å². The number of nitrogens with zero attached hydrogens (tertiary/aromatic N) is 1. The molecule has 0 saturated carbocycles. The van der Waals surface area contributed by atoms with E-state index in [1.807, 2.05) is 6.07 Å². The summed E-state index contributed by atoms with van der Waals surface area (Å²) in [6.07, 6.45) is 0. The second kappa shape index (κ2) is 6.18. The molecule has 0 spiro atoms. The van der Waals surface area contributed by atoms with Crippen molar-refractivity contribution in [2.24, 2.45) is 0 Å². The Morgan fingerprint density at radius 3 is 2.37 bits per heavy atom. The summed E-state index contributed by atoms with van der Waals surface area (Å²) in [5.74, 6) is 0.241. The summed E-state index contributed by atoms with van der Waals surface area (Å²) in [5.41, 5.74) is 0.989. The standard InChI is InChI=1S/C14H8Br2FNO/c15-11-5-9(7-18)6-12(16)14(11)19-8-10-3-1-2-4-13(10)17/h1-6H,8H2. The van der Waals surface area contributed by atoms with Crippen LogP contribution in [0.2, 0.25) is 0 Å². The highest BCUT2D eigenvalue weighted by Crippen LogP contribution is 2.35. The van der Waals surface area contributed by atoms with Crippen LogP contribution in [0.4, 0.5) is 4.39 Å². The molecule has 2 rings (SSSR count). The number of hydrogen-bond donors (Lipinski definition) is 0. The van der Waals surface area contributed by atoms with Crippen LogP contribution in [-0.2, 0) is 6.61 Å². The lowest BCUT2D eigenvalue weighted by Crippen LogP contribution is -1.99. The van der Waals surface area contributed by atoms with Crippen LogP contribution in [-0.4, -0.2) is 0 Å². The van der Waals surface area contributed by atoms with Gasteiger partial charge in [0.05, 0.1) is 20.6 Å². The summed E-state index contributed by atoms with van der Waals surface area (Å²) in [4.78, 5) is 0. The van der Waals surface area contributed by atoms with E-state index < -0.39 is 0 Å². The van der Waals surface area contributed by atoms with Crippen LogP contribution in [0, 0.1) is 17.1 Å². The number of nitriles is 1. The summed E-state index contributed by atoms with van der Waals surface area (Å²) in [6.45, 7) is 0.121. The van der Waals surface area contributed by atoms with Gasteiger partial charge in [0.25, 0.3) is 0 Å². The normalized spacial score (nSPS) is 10.0. The topological polar surface area (TPSA) is 33.0 Å². The van der Waals surface area contributed by atoms with E-state index in [1.165, 1.54) is 6.07 Å². The van der Waals surface area contributed by atoms with Crippen molar-refractivity contribution in [2.45, 2.75) is 6.61 Å². The van der Waals surface area contributed by atoms with Gasteiger partial charge in [0.1, 0.15) is 18.2 Å². The van der Waals surface area contributed by atoms with Crippen LogP contribution >= 0.6 is 31.9 Å². The quantitative estimate of drug-likeness (QED) is 0.761. The lowest BCUT2D eigenvalue weighted by Gasteiger charge is -2.11. The molecule has 0 saturated heterocycles. The highest BCUT2D eigenvalue weighted by Gasteiger charge is 2.10. The fraction of sp³-hybridized carbons (Fsp3) is 0.0714. The highest BCUT2D eigenvalue weighted by molar-refractivity contribution is 9.11. The summed E-state index contributed by atoms with van der Waals surface area (Å²) in [7, 11) is 0. The Kier molecular flexibility index (Phi) is 4.56. The van der Waals surface area contributed by atoms with E-state index in [1.54, 1.807) is 30.3 Å². The van der Waals surface area contributed by atoms with Crippen LogP contribution in [0.15, 0.2) is 45.3 Å². The largest absolute Gasteiger partial charge is 0.486 e. The molecule has 0 aromatic heterocycles. The summed E-state index contributed by atoms with van der Waals surface area (Å²) in [5, 5.41) is 8.84. The molecular weight excluding hydrogens is 377 g/mol. The van der Waals surface area contributed by atoms with Crippen molar-refractivity contribution in [3.8, 4) is 11.8 Å². The van der Waals surface area contributed by atoms with Gasteiger partial charge in [-0.2, -0.15) is 5.26 Å². The van der Waals surface area contributed by atoms with Gasteiger partial charge in [-0.25, -0.2) is 4.39 Å². The van der Waals surface area contributed by atoms with E-state index >= 15 is 0 Å². The van der Waals surface area contributed by atoms with E-state index in [2.05, 4.69) is 31.9 Å². The van der Waals surface area contributed by atoms with Gasteiger partial charge < -0.3 is 4.74 Å². The summed E-state index contributed by atoms with van der Waals surface area (Å²) < 4.78 is 20.4. The fourth-order valence-corrected chi connectivity index (χ4v) is 2.94. The molecule has 0 atom stereocenters. The molecule has 0 fully saturated rings. The maximum absolute atomic E-state index is 13.5. The first-order valence-electron chi connectivity index (χ1n) is 5.37. The lowest BCUT2D eigenvalue weighted by molar-refractivity contribution is 0.296. The smallest absolute Gasteiger partial charge is 0.148 e. The molecule has 5 heteroatoms. The van der Waals surface area contributed by atoms with Gasteiger partial charge in [0, 0.05) is 5.56 Å². The number of benzene rings is 2. The minimum absolute atomic E-state index is 0.121. The van der Waals surface area contributed by atoms with E-state index in [9.17, 15) is 4.39 Å². The molecule has 0 N–H and O–H groups in total. The second-order valence-electron chi connectivity index (χ2n) is 3.76. The third kappa shape index (κ3) is 3.34. The molecule has 0 amide bonds. The minimum Gasteiger partial charge on any atom is -0.486 e. The predicted molar refractivity (Wildman–Crippen MR) is 77.3 cm³/mol. The Bertz CT molecular complexity index is 629. The van der Waals surface area contributed by atoms with Crippen molar-refractivity contribution >= 4 is 31.9 Å². The van der Waals surface area contributed by atoms with Crippen molar-refractivity contribution < 1.29 is 9.13 Å². The van der Waals surface area contributed by atoms with Crippen molar-refractivity contribution in [1.29, 1.82) is 5.26 Å². The Balaban J connectivity index is 2.21. The molecule has 19 heavy (non-hydrogen) atoms. The Hall–Kier alpha value is -1.38. The Labute approximate surface area is 127 Å². The first-order valence-corrected chi connectivity index (χ1v) is 6.95. The lowest BCUT2D eigenvalue weighted by atomic mass is 10.2. The maximum atomic E-state index is 13.5. The molecular formula is C14H8Br2FNO. The van der Waals surface area contributed by atoms with E-state index in [4.69, 9.17) is 10.00 Å². The van der Waals surface area contributed by atoms with E-state index in [-0.39, 0.29) is 12.4 Å². The van der Waals surface area contributed by atoms with Gasteiger partial charge in [-0.15, -0.1) is 0 Å². The molecule has 0 aliphatic carbocycles. The average Bonchev–Trinajstić information content (AvgIpc) is 2.39. The van der Waals surface area contributed by atoms with Gasteiger partial charge in [0.2, 0.25) is 0 Å². The first-order chi connectivity index (χ1) is 9.11. The molecule has 0 aliphatic rings. The molecule has 2 aromatic rings. The number of hydrogen-bond acceptors (Lipinski definition) is 2. The van der Waals surface area contributed by atoms with Gasteiger partial charge in [-0.05, 0) is 50.1 Å².